The number of rotatable bonds is 7. The molecule has 0 saturated carbocycles. The van der Waals surface area contributed by atoms with Gasteiger partial charge in [0.1, 0.15) is 6.04 Å². The maximum absolute atomic E-state index is 11.9. The number of urea groups is 1. The molecule has 0 spiro atoms. The van der Waals surface area contributed by atoms with Crippen molar-refractivity contribution < 1.29 is 14.7 Å². The van der Waals surface area contributed by atoms with E-state index in [-0.39, 0.29) is 12.0 Å². The van der Waals surface area contributed by atoms with E-state index < -0.39 is 18.0 Å². The summed E-state index contributed by atoms with van der Waals surface area (Å²) in [4.78, 5) is 25.4. The molecule has 6 nitrogen and oxygen atoms in total. The second kappa shape index (κ2) is 8.87. The zero-order valence-corrected chi connectivity index (χ0v) is 13.4. The van der Waals surface area contributed by atoms with Crippen molar-refractivity contribution in [2.24, 2.45) is 5.92 Å². The molecule has 21 heavy (non-hydrogen) atoms. The molecule has 1 aliphatic rings. The molecule has 0 aromatic heterocycles. The highest BCUT2D eigenvalue weighted by atomic mass is 16.4. The van der Waals surface area contributed by atoms with Gasteiger partial charge in [-0.25, -0.2) is 9.59 Å². The second-order valence-electron chi connectivity index (χ2n) is 6.00. The summed E-state index contributed by atoms with van der Waals surface area (Å²) in [7, 11) is 0. The number of hydrogen-bond acceptors (Lipinski definition) is 3. The SMILES string of the molecule is CCC(C)C(NC(=O)NCC(C)N1CCCCC1)C(=O)O. The van der Waals surface area contributed by atoms with E-state index in [1.165, 1.54) is 19.3 Å². The first-order chi connectivity index (χ1) is 9.95. The Bertz CT molecular complexity index is 343. The standard InChI is InChI=1S/C15H29N3O3/c1-4-11(2)13(14(19)20)17-15(21)16-10-12(3)18-8-6-5-7-9-18/h11-13H,4-10H2,1-3H3,(H,19,20)(H2,16,17,21). The number of amides is 2. The van der Waals surface area contributed by atoms with Gasteiger partial charge in [0.2, 0.25) is 0 Å². The Morgan fingerprint density at radius 3 is 2.33 bits per heavy atom. The van der Waals surface area contributed by atoms with Crippen LogP contribution in [-0.4, -0.2) is 53.7 Å². The first-order valence-corrected chi connectivity index (χ1v) is 7.97. The van der Waals surface area contributed by atoms with E-state index in [1.54, 1.807) is 0 Å². The minimum absolute atomic E-state index is 0.0900. The summed E-state index contributed by atoms with van der Waals surface area (Å²) < 4.78 is 0. The molecule has 1 heterocycles. The number of carboxylic acid groups (broad SMARTS) is 1. The van der Waals surface area contributed by atoms with Crippen LogP contribution in [0.4, 0.5) is 4.79 Å². The fraction of sp³-hybridized carbons (Fsp3) is 0.867. The minimum atomic E-state index is -0.983. The van der Waals surface area contributed by atoms with Crippen molar-refractivity contribution in [2.75, 3.05) is 19.6 Å². The number of nitrogens with zero attached hydrogens (tertiary/aromatic N) is 1. The molecule has 3 unspecified atom stereocenters. The molecule has 0 aromatic rings. The summed E-state index contributed by atoms with van der Waals surface area (Å²) in [6.45, 7) is 8.53. The maximum atomic E-state index is 11.9. The van der Waals surface area contributed by atoms with E-state index in [2.05, 4.69) is 22.5 Å². The summed E-state index contributed by atoms with van der Waals surface area (Å²) in [5.74, 6) is -1.07. The highest BCUT2D eigenvalue weighted by Gasteiger charge is 2.25. The van der Waals surface area contributed by atoms with Gasteiger partial charge in [0.15, 0.2) is 0 Å². The molecule has 0 aromatic carbocycles. The molecule has 122 valence electrons. The van der Waals surface area contributed by atoms with E-state index in [0.29, 0.717) is 13.0 Å². The average Bonchev–Trinajstić information content (AvgIpc) is 2.50. The molecule has 1 fully saturated rings. The Hall–Kier alpha value is -1.30. The van der Waals surface area contributed by atoms with Crippen LogP contribution < -0.4 is 10.6 Å². The Kier molecular flexibility index (Phi) is 7.50. The molecule has 2 amide bonds. The number of carboxylic acids is 1. The van der Waals surface area contributed by atoms with Crippen molar-refractivity contribution in [3.05, 3.63) is 0 Å². The van der Waals surface area contributed by atoms with Gasteiger partial charge in [0.25, 0.3) is 0 Å². The summed E-state index contributed by atoms with van der Waals surface area (Å²) >= 11 is 0. The van der Waals surface area contributed by atoms with Crippen molar-refractivity contribution in [3.63, 3.8) is 0 Å². The second-order valence-corrected chi connectivity index (χ2v) is 6.00. The molecule has 3 N–H and O–H groups in total. The lowest BCUT2D eigenvalue weighted by atomic mass is 9.99. The predicted molar refractivity (Wildman–Crippen MR) is 82.3 cm³/mol. The van der Waals surface area contributed by atoms with Crippen LogP contribution in [-0.2, 0) is 4.79 Å². The molecular formula is C15H29N3O3. The molecular weight excluding hydrogens is 270 g/mol. The van der Waals surface area contributed by atoms with Gasteiger partial charge in [-0.1, -0.05) is 26.7 Å². The van der Waals surface area contributed by atoms with Gasteiger partial charge in [-0.2, -0.15) is 0 Å². The Labute approximate surface area is 127 Å². The minimum Gasteiger partial charge on any atom is -0.480 e. The van der Waals surface area contributed by atoms with Crippen LogP contribution in [0.2, 0.25) is 0 Å². The summed E-state index contributed by atoms with van der Waals surface area (Å²) in [6.07, 6.45) is 4.42. The number of nitrogens with one attached hydrogen (secondary N) is 2. The number of hydrogen-bond donors (Lipinski definition) is 3. The maximum Gasteiger partial charge on any atom is 0.326 e. The molecule has 0 radical (unpaired) electrons. The van der Waals surface area contributed by atoms with Crippen molar-refractivity contribution >= 4 is 12.0 Å². The number of piperidine rings is 1. The predicted octanol–water partition coefficient (Wildman–Crippen LogP) is 1.66. The van der Waals surface area contributed by atoms with Crippen LogP contribution in [0.25, 0.3) is 0 Å². The molecule has 1 saturated heterocycles. The third-order valence-electron chi connectivity index (χ3n) is 4.34. The number of carbonyl (C=O) groups excluding carboxylic acids is 1. The molecule has 6 heteroatoms. The van der Waals surface area contributed by atoms with E-state index in [1.807, 2.05) is 13.8 Å². The number of carbonyl (C=O) groups is 2. The molecule has 1 rings (SSSR count). The van der Waals surface area contributed by atoms with E-state index >= 15 is 0 Å². The highest BCUT2D eigenvalue weighted by Crippen LogP contribution is 2.11. The first-order valence-electron chi connectivity index (χ1n) is 7.97. The number of likely N-dealkylation sites (tertiary alicyclic amines) is 1. The highest BCUT2D eigenvalue weighted by molar-refractivity contribution is 5.82. The van der Waals surface area contributed by atoms with Crippen LogP contribution in [0.3, 0.4) is 0 Å². The van der Waals surface area contributed by atoms with Gasteiger partial charge < -0.3 is 15.7 Å². The normalized spacial score (nSPS) is 20.3. The first kappa shape index (κ1) is 17.8. The lowest BCUT2D eigenvalue weighted by molar-refractivity contribution is -0.140. The fourth-order valence-corrected chi connectivity index (χ4v) is 2.60. The van der Waals surface area contributed by atoms with Crippen LogP contribution >= 0.6 is 0 Å². The third-order valence-corrected chi connectivity index (χ3v) is 4.34. The zero-order valence-electron chi connectivity index (χ0n) is 13.4. The third kappa shape index (κ3) is 5.91. The Morgan fingerprint density at radius 2 is 1.81 bits per heavy atom. The van der Waals surface area contributed by atoms with Gasteiger partial charge in [-0.15, -0.1) is 0 Å². The van der Waals surface area contributed by atoms with Gasteiger partial charge in [0.05, 0.1) is 0 Å². The molecule has 0 bridgehead atoms. The van der Waals surface area contributed by atoms with Crippen molar-refractivity contribution in [1.29, 1.82) is 0 Å². The quantitative estimate of drug-likeness (QED) is 0.668. The Balaban J connectivity index is 2.36. The van der Waals surface area contributed by atoms with Crippen LogP contribution in [0.1, 0.15) is 46.5 Å². The van der Waals surface area contributed by atoms with Crippen LogP contribution in [0.5, 0.6) is 0 Å². The van der Waals surface area contributed by atoms with E-state index in [4.69, 9.17) is 5.11 Å². The van der Waals surface area contributed by atoms with Crippen molar-refractivity contribution in [2.45, 2.75) is 58.5 Å². The van der Waals surface area contributed by atoms with Crippen LogP contribution in [0, 0.1) is 5.92 Å². The van der Waals surface area contributed by atoms with Gasteiger partial charge in [-0.3, -0.25) is 4.90 Å². The topological polar surface area (TPSA) is 81.7 Å². The largest absolute Gasteiger partial charge is 0.480 e. The summed E-state index contributed by atoms with van der Waals surface area (Å²) in [6, 6.07) is -0.949. The van der Waals surface area contributed by atoms with E-state index in [0.717, 1.165) is 13.1 Å². The van der Waals surface area contributed by atoms with Crippen molar-refractivity contribution in [3.8, 4) is 0 Å². The summed E-state index contributed by atoms with van der Waals surface area (Å²) in [5.41, 5.74) is 0. The lowest BCUT2D eigenvalue weighted by Crippen LogP contribution is -2.52. The monoisotopic (exact) mass is 299 g/mol. The van der Waals surface area contributed by atoms with Gasteiger partial charge in [-0.05, 0) is 38.8 Å². The smallest absolute Gasteiger partial charge is 0.326 e. The molecule has 0 aliphatic carbocycles. The van der Waals surface area contributed by atoms with Gasteiger partial charge >= 0.3 is 12.0 Å². The molecule has 3 atom stereocenters. The fourth-order valence-electron chi connectivity index (χ4n) is 2.60. The van der Waals surface area contributed by atoms with Crippen molar-refractivity contribution in [1.82, 2.24) is 15.5 Å². The zero-order chi connectivity index (χ0) is 15.8. The number of aliphatic carboxylic acids is 1. The molecule has 1 aliphatic heterocycles. The summed E-state index contributed by atoms with van der Waals surface area (Å²) in [5, 5.41) is 14.5. The average molecular weight is 299 g/mol. The Morgan fingerprint density at radius 1 is 1.19 bits per heavy atom. The lowest BCUT2D eigenvalue weighted by Gasteiger charge is -2.32. The van der Waals surface area contributed by atoms with Gasteiger partial charge in [0, 0.05) is 12.6 Å². The van der Waals surface area contributed by atoms with Crippen LogP contribution in [0.15, 0.2) is 0 Å². The van der Waals surface area contributed by atoms with E-state index in [9.17, 15) is 9.59 Å².